The average Bonchev–Trinajstić information content (AvgIpc) is 2.39. The summed E-state index contributed by atoms with van der Waals surface area (Å²) in [7, 11) is 0. The van der Waals surface area contributed by atoms with Crippen molar-refractivity contribution >= 4 is 5.78 Å². The molecule has 4 aliphatic rings. The smallest absolute Gasteiger partial charge is 0.168 e. The summed E-state index contributed by atoms with van der Waals surface area (Å²) in [5, 5.41) is 0. The number of ketones is 1. The minimum absolute atomic E-state index is 0.0660. The quantitative estimate of drug-likeness (QED) is 0.477. The van der Waals surface area contributed by atoms with Gasteiger partial charge in [0.1, 0.15) is 6.10 Å². The second-order valence-corrected chi connectivity index (χ2v) is 3.72. The van der Waals surface area contributed by atoms with Crippen LogP contribution in [0.25, 0.3) is 0 Å². The highest BCUT2D eigenvalue weighted by atomic mass is 16.5. The molecular formula is C9H10O2. The van der Waals surface area contributed by atoms with Crippen LogP contribution in [0.5, 0.6) is 0 Å². The van der Waals surface area contributed by atoms with E-state index in [1.165, 1.54) is 0 Å². The second kappa shape index (κ2) is 1.75. The van der Waals surface area contributed by atoms with E-state index in [1.807, 2.05) is 0 Å². The number of carbonyl (C=O) groups excluding carboxylic acids is 1. The van der Waals surface area contributed by atoms with E-state index in [9.17, 15) is 4.79 Å². The fourth-order valence-corrected chi connectivity index (χ4v) is 2.54. The maximum absolute atomic E-state index is 11.5. The van der Waals surface area contributed by atoms with Gasteiger partial charge in [-0.25, -0.2) is 0 Å². The average molecular weight is 150 g/mol. The zero-order valence-electron chi connectivity index (χ0n) is 6.19. The van der Waals surface area contributed by atoms with Crippen molar-refractivity contribution in [1.82, 2.24) is 0 Å². The standard InChI is InChI=1S/C9H10O2/c10-8-5-1-2-7-6(3-5)4-11-9(7)8/h1-2,5-7,9H,3-4H2. The largest absolute Gasteiger partial charge is 0.369 e. The minimum Gasteiger partial charge on any atom is -0.369 e. The molecule has 2 heteroatoms. The predicted molar refractivity (Wildman–Crippen MR) is 39.0 cm³/mol. The summed E-state index contributed by atoms with van der Waals surface area (Å²) >= 11 is 0. The number of hydrogen-bond donors (Lipinski definition) is 0. The number of hydrogen-bond acceptors (Lipinski definition) is 2. The van der Waals surface area contributed by atoms with Crippen LogP contribution in [0, 0.1) is 17.8 Å². The molecule has 3 aliphatic carbocycles. The van der Waals surface area contributed by atoms with Crippen molar-refractivity contribution in [2.24, 2.45) is 17.8 Å². The molecule has 0 radical (unpaired) electrons. The minimum atomic E-state index is -0.0660. The number of allylic oxidation sites excluding steroid dienone is 1. The first-order valence-electron chi connectivity index (χ1n) is 4.20. The topological polar surface area (TPSA) is 26.3 Å². The normalized spacial score (nSPS) is 52.2. The Morgan fingerprint density at radius 3 is 3.18 bits per heavy atom. The van der Waals surface area contributed by atoms with Crippen LogP contribution >= 0.6 is 0 Å². The van der Waals surface area contributed by atoms with Gasteiger partial charge in [0.25, 0.3) is 0 Å². The zero-order chi connectivity index (χ0) is 7.42. The third-order valence-electron chi connectivity index (χ3n) is 3.15. The fraction of sp³-hybridized carbons (Fsp3) is 0.667. The van der Waals surface area contributed by atoms with Crippen molar-refractivity contribution < 1.29 is 9.53 Å². The molecule has 0 spiro atoms. The van der Waals surface area contributed by atoms with Gasteiger partial charge in [-0.3, -0.25) is 4.79 Å². The Labute approximate surface area is 65.2 Å². The maximum Gasteiger partial charge on any atom is 0.168 e. The van der Waals surface area contributed by atoms with Gasteiger partial charge >= 0.3 is 0 Å². The molecule has 4 atom stereocenters. The summed E-state index contributed by atoms with van der Waals surface area (Å²) in [6, 6.07) is 0. The van der Waals surface area contributed by atoms with E-state index < -0.39 is 0 Å². The molecule has 1 saturated carbocycles. The van der Waals surface area contributed by atoms with Crippen LogP contribution in [0.2, 0.25) is 0 Å². The van der Waals surface area contributed by atoms with E-state index in [4.69, 9.17) is 4.74 Å². The van der Waals surface area contributed by atoms with Gasteiger partial charge in [0, 0.05) is 11.8 Å². The maximum atomic E-state index is 11.5. The molecule has 4 bridgehead atoms. The molecule has 0 aromatic carbocycles. The van der Waals surface area contributed by atoms with Gasteiger partial charge in [0.05, 0.1) is 6.61 Å². The highest BCUT2D eigenvalue weighted by Crippen LogP contribution is 2.44. The van der Waals surface area contributed by atoms with Crippen molar-refractivity contribution in [3.05, 3.63) is 12.2 Å². The zero-order valence-corrected chi connectivity index (χ0v) is 6.19. The molecule has 1 saturated heterocycles. The Morgan fingerprint density at radius 2 is 2.36 bits per heavy atom. The number of Topliss-reactive ketones (excluding diaryl/α,β-unsaturated/α-hetero) is 1. The van der Waals surface area contributed by atoms with Crippen LogP contribution in [0.15, 0.2) is 12.2 Å². The van der Waals surface area contributed by atoms with Gasteiger partial charge in [0.2, 0.25) is 0 Å². The molecule has 2 nitrogen and oxygen atoms in total. The SMILES string of the molecule is O=C1C2C=CC3C(COC13)C2. The number of ether oxygens (including phenoxy) is 1. The van der Waals surface area contributed by atoms with Crippen LogP contribution in [0.1, 0.15) is 6.42 Å². The predicted octanol–water partition coefficient (Wildman–Crippen LogP) is 0.776. The molecule has 1 heterocycles. The lowest BCUT2D eigenvalue weighted by Gasteiger charge is -2.33. The molecular weight excluding hydrogens is 140 g/mol. The highest BCUT2D eigenvalue weighted by Gasteiger charge is 2.50. The molecule has 58 valence electrons. The van der Waals surface area contributed by atoms with Crippen molar-refractivity contribution in [2.45, 2.75) is 12.5 Å². The first-order chi connectivity index (χ1) is 5.36. The summed E-state index contributed by atoms with van der Waals surface area (Å²) in [6.45, 7) is 0.807. The van der Waals surface area contributed by atoms with Crippen molar-refractivity contribution in [2.75, 3.05) is 6.61 Å². The van der Waals surface area contributed by atoms with Crippen LogP contribution in [-0.2, 0) is 9.53 Å². The monoisotopic (exact) mass is 150 g/mol. The van der Waals surface area contributed by atoms with Gasteiger partial charge in [-0.05, 0) is 12.3 Å². The lowest BCUT2D eigenvalue weighted by molar-refractivity contribution is -0.133. The van der Waals surface area contributed by atoms with Crippen molar-refractivity contribution in [3.8, 4) is 0 Å². The number of carbonyl (C=O) groups is 1. The third-order valence-corrected chi connectivity index (χ3v) is 3.15. The molecule has 1 aliphatic heterocycles. The Balaban J connectivity index is 2.12. The number of rotatable bonds is 0. The molecule has 11 heavy (non-hydrogen) atoms. The van der Waals surface area contributed by atoms with Crippen LogP contribution in [0.3, 0.4) is 0 Å². The Hall–Kier alpha value is -0.630. The van der Waals surface area contributed by atoms with Gasteiger partial charge in [-0.1, -0.05) is 12.2 Å². The molecule has 0 aromatic heterocycles. The summed E-state index contributed by atoms with van der Waals surface area (Å²) in [4.78, 5) is 11.5. The lowest BCUT2D eigenvalue weighted by Crippen LogP contribution is -2.41. The van der Waals surface area contributed by atoms with Crippen LogP contribution in [0.4, 0.5) is 0 Å². The van der Waals surface area contributed by atoms with Crippen LogP contribution < -0.4 is 0 Å². The highest BCUT2D eigenvalue weighted by molar-refractivity contribution is 5.90. The van der Waals surface area contributed by atoms with Crippen molar-refractivity contribution in [1.29, 1.82) is 0 Å². The van der Waals surface area contributed by atoms with Gasteiger partial charge in [-0.2, -0.15) is 0 Å². The van der Waals surface area contributed by atoms with E-state index >= 15 is 0 Å². The van der Waals surface area contributed by atoms with Gasteiger partial charge < -0.3 is 4.74 Å². The van der Waals surface area contributed by atoms with E-state index in [-0.39, 0.29) is 12.0 Å². The Kier molecular flexibility index (Phi) is 0.946. The van der Waals surface area contributed by atoms with Gasteiger partial charge in [0.15, 0.2) is 5.78 Å². The first kappa shape index (κ1) is 5.95. The van der Waals surface area contributed by atoms with Crippen LogP contribution in [-0.4, -0.2) is 18.5 Å². The van der Waals surface area contributed by atoms with E-state index in [0.29, 0.717) is 17.6 Å². The van der Waals surface area contributed by atoms with E-state index in [1.54, 1.807) is 0 Å². The fourth-order valence-electron chi connectivity index (χ4n) is 2.54. The Bertz CT molecular complexity index is 244. The lowest BCUT2D eigenvalue weighted by atomic mass is 9.69. The summed E-state index contributed by atoms with van der Waals surface area (Å²) in [5.74, 6) is 1.59. The molecule has 4 unspecified atom stereocenters. The van der Waals surface area contributed by atoms with E-state index in [0.717, 1.165) is 13.0 Å². The molecule has 0 N–H and O–H groups in total. The first-order valence-corrected chi connectivity index (χ1v) is 4.20. The second-order valence-electron chi connectivity index (χ2n) is 3.72. The molecule has 4 rings (SSSR count). The third kappa shape index (κ3) is 0.590. The van der Waals surface area contributed by atoms with Crippen molar-refractivity contribution in [3.63, 3.8) is 0 Å². The van der Waals surface area contributed by atoms with Gasteiger partial charge in [-0.15, -0.1) is 0 Å². The van der Waals surface area contributed by atoms with E-state index in [2.05, 4.69) is 12.2 Å². The summed E-state index contributed by atoms with van der Waals surface area (Å²) < 4.78 is 5.42. The molecule has 0 aromatic rings. The Morgan fingerprint density at radius 1 is 1.45 bits per heavy atom. The molecule has 2 fully saturated rings. The summed E-state index contributed by atoms with van der Waals surface area (Å²) in [5.41, 5.74) is 0. The summed E-state index contributed by atoms with van der Waals surface area (Å²) in [6.07, 6.45) is 5.21. The molecule has 0 amide bonds.